The zero-order valence-corrected chi connectivity index (χ0v) is 69.3. The molecule has 0 radical (unpaired) electrons. The number of carbonyl (C=O) groups excluding carboxylic acids is 14. The zero-order valence-electron chi connectivity index (χ0n) is 69.3. The molecule has 0 aliphatic rings. The van der Waals surface area contributed by atoms with Gasteiger partial charge in [-0.15, -0.1) is 0 Å². The Hall–Kier alpha value is -8.85. The summed E-state index contributed by atoms with van der Waals surface area (Å²) in [5.74, 6) is -13.5. The number of carbonyl (C=O) groups is 15. The van der Waals surface area contributed by atoms with Crippen molar-refractivity contribution in [2.75, 3.05) is 19.7 Å². The Morgan fingerprint density at radius 3 is 1.17 bits per heavy atom. The molecule has 33 heteroatoms. The molecule has 1 aromatic carbocycles. The summed E-state index contributed by atoms with van der Waals surface area (Å²) in [6.07, 6.45) is 17.4. The Morgan fingerprint density at radius 1 is 0.386 bits per heavy atom. The maximum absolute atomic E-state index is 14.7. The van der Waals surface area contributed by atoms with Crippen LogP contribution in [0.15, 0.2) is 24.3 Å². The van der Waals surface area contributed by atoms with Crippen LogP contribution in [-0.4, -0.2) is 201 Å². The number of benzene rings is 1. The van der Waals surface area contributed by atoms with E-state index in [4.69, 9.17) is 11.5 Å². The second-order valence-corrected chi connectivity index (χ2v) is 30.3. The highest BCUT2D eigenvalue weighted by molar-refractivity contribution is 6.00. The highest BCUT2D eigenvalue weighted by atomic mass is 16.4. The molecular formula is C81H140N14O19. The molecule has 1 aromatic rings. The number of phenols is 1. The normalized spacial score (nSPS) is 14.4. The molecule has 0 spiro atoms. The molecule has 12 atom stereocenters. The number of Topliss-reactive ketones (excluding diaryl/α,β-unsaturated/α-hetero) is 1. The Morgan fingerprint density at radius 2 is 0.746 bits per heavy atom. The number of primary amides is 1. The predicted octanol–water partition coefficient (Wildman–Crippen LogP) is 3.89. The van der Waals surface area contributed by atoms with Gasteiger partial charge in [-0.1, -0.05) is 195 Å². The lowest BCUT2D eigenvalue weighted by Crippen LogP contribution is -2.61. The molecule has 0 saturated carbocycles. The highest BCUT2D eigenvalue weighted by Gasteiger charge is 2.38. The molecule has 13 amide bonds. The number of hydrogen-bond acceptors (Lipinski definition) is 19. The van der Waals surface area contributed by atoms with Gasteiger partial charge in [0.1, 0.15) is 66.2 Å². The molecule has 1 rings (SSSR count). The van der Waals surface area contributed by atoms with E-state index in [1.165, 1.54) is 75.6 Å². The first-order chi connectivity index (χ1) is 54.3. The summed E-state index contributed by atoms with van der Waals surface area (Å²) in [6.45, 7) is 14.0. The molecule has 0 unspecified atom stereocenters. The minimum atomic E-state index is -1.73. The number of aromatic hydroxyl groups is 1. The number of aliphatic hydroxyl groups excluding tert-OH is 2. The van der Waals surface area contributed by atoms with Gasteiger partial charge in [-0.2, -0.15) is 0 Å². The number of hydrogen-bond donors (Lipinski definition) is 18. The number of aliphatic hydroxyl groups is 2. The second kappa shape index (κ2) is 60.7. The third kappa shape index (κ3) is 45.3. The smallest absolute Gasteiger partial charge is 0.305 e. The number of nitrogens with two attached hydrogens (primary N) is 2. The summed E-state index contributed by atoms with van der Waals surface area (Å²) in [6, 6.07) is -10.1. The van der Waals surface area contributed by atoms with Crippen molar-refractivity contribution in [3.63, 3.8) is 0 Å². The van der Waals surface area contributed by atoms with Gasteiger partial charge in [0.15, 0.2) is 5.78 Å². The van der Waals surface area contributed by atoms with E-state index in [1.54, 1.807) is 20.8 Å². The van der Waals surface area contributed by atoms with Gasteiger partial charge in [-0.05, 0) is 108 Å². The fourth-order valence-corrected chi connectivity index (χ4v) is 12.6. The Kier molecular flexibility index (Phi) is 54.9. The van der Waals surface area contributed by atoms with E-state index in [9.17, 15) is 92.3 Å². The molecule has 0 fully saturated rings. The zero-order chi connectivity index (χ0) is 85.5. The molecule has 0 aliphatic heterocycles. The molecule has 20 N–H and O–H groups in total. The average molecular weight is 1610 g/mol. The van der Waals surface area contributed by atoms with Crippen LogP contribution in [-0.2, 0) is 78.3 Å². The summed E-state index contributed by atoms with van der Waals surface area (Å²) in [5.41, 5.74) is 11.9. The molecule has 0 aromatic heterocycles. The second-order valence-electron chi connectivity index (χ2n) is 30.3. The fraction of sp³-hybridized carbons (Fsp3) is 0.741. The summed E-state index contributed by atoms with van der Waals surface area (Å²) < 4.78 is 0. The van der Waals surface area contributed by atoms with Crippen LogP contribution in [0.5, 0.6) is 5.75 Å². The minimum absolute atomic E-state index is 0.00558. The number of aliphatic carboxylic acids is 1. The Bertz CT molecular complexity index is 3110. The van der Waals surface area contributed by atoms with Gasteiger partial charge in [0.05, 0.1) is 31.7 Å². The molecule has 648 valence electrons. The SMILES string of the molecule is CCCCCCCCCCCCCCCC(=O)N[C@@H](CCCC)C(=O)NCC(=O)N[C@@H](Cc1ccc(O)cc1)C(=O)N[C@@H](CCC(N)=O)C(=O)N[C@@H](CCCCC)C(=O)N[C@@H](CCCCN)C(=O)N[C@@H](CC(C)C)C(=O)N[C@@H](CCCC)C(=O)N[C@@H](CO)C(=O)N[C@@H](CCCC)C(=O)N[C@H](C(=O)N[C@@H](CC(=O)O)C(C)=O)[C@@H](C)O. The van der Waals surface area contributed by atoms with Crippen LogP contribution in [0.1, 0.15) is 286 Å². The number of phenolic OH excluding ortho intramolecular Hbond substituents is 1. The number of carboxylic acids is 1. The maximum Gasteiger partial charge on any atom is 0.305 e. The summed E-state index contributed by atoms with van der Waals surface area (Å²) >= 11 is 0. The molecule has 0 heterocycles. The fourth-order valence-electron chi connectivity index (χ4n) is 12.6. The lowest BCUT2D eigenvalue weighted by atomic mass is 10.00. The third-order valence-electron chi connectivity index (χ3n) is 19.4. The number of ketones is 1. The van der Waals surface area contributed by atoms with Crippen molar-refractivity contribution in [1.29, 1.82) is 0 Å². The van der Waals surface area contributed by atoms with Crippen molar-refractivity contribution < 1.29 is 92.3 Å². The van der Waals surface area contributed by atoms with E-state index in [0.29, 0.717) is 76.2 Å². The van der Waals surface area contributed by atoms with Gasteiger partial charge < -0.3 is 95.7 Å². The van der Waals surface area contributed by atoms with Gasteiger partial charge in [-0.25, -0.2) is 0 Å². The number of carboxylic acid groups (broad SMARTS) is 1. The van der Waals surface area contributed by atoms with Gasteiger partial charge in [0.25, 0.3) is 0 Å². The van der Waals surface area contributed by atoms with E-state index in [1.807, 2.05) is 20.8 Å². The molecule has 0 aliphatic carbocycles. The standard InChI is InChI=1S/C81H140N14O19/c1-10-15-20-21-22-23-24-25-26-27-28-29-31-39-68(101)85-57(34-17-12-3)72(105)84-50-69(102)86-65(48-55-40-42-56(99)43-41-55)79(112)91-62(44-45-67(83)100)76(109)88-60(37-30-16-11-2)73(106)87-61(38-32-33-46-82)74(107)93-64(47-52(6)7)78(111)89-58(35-18-13-4)75(108)94-66(51-96)80(113)90-59(36-19-14-5)77(110)95-71(54(9)98)81(114)92-63(53(8)97)49-70(103)104/h40-43,52,54,57-66,71,96,98-99H,10-39,44-51,82H2,1-9H3,(H2,83,100)(H,84,105)(H,85,101)(H,86,102)(H,87,106)(H,88,109)(H,89,111)(H,90,113)(H,91,112)(H,92,114)(H,93,107)(H,94,108)(H,95,110)(H,103,104)/t54-,57+,58+,59+,60+,61+,62+,63+,64+,65+,66+,71+/m1/s1. The van der Waals surface area contributed by atoms with Crippen molar-refractivity contribution in [3.05, 3.63) is 29.8 Å². The van der Waals surface area contributed by atoms with Crippen molar-refractivity contribution in [3.8, 4) is 5.75 Å². The Balaban J connectivity index is 3.52. The first-order valence-corrected chi connectivity index (χ1v) is 41.7. The summed E-state index contributed by atoms with van der Waals surface area (Å²) in [5, 5.41) is 71.3. The monoisotopic (exact) mass is 1610 g/mol. The van der Waals surface area contributed by atoms with Crippen LogP contribution < -0.4 is 75.3 Å². The minimum Gasteiger partial charge on any atom is -0.508 e. The van der Waals surface area contributed by atoms with Crippen LogP contribution in [0.2, 0.25) is 0 Å². The van der Waals surface area contributed by atoms with Gasteiger partial charge >= 0.3 is 5.97 Å². The predicted molar refractivity (Wildman–Crippen MR) is 432 cm³/mol. The number of rotatable bonds is 66. The van der Waals surface area contributed by atoms with Gasteiger partial charge in [0, 0.05) is 19.3 Å². The van der Waals surface area contributed by atoms with E-state index >= 15 is 0 Å². The summed E-state index contributed by atoms with van der Waals surface area (Å²) in [4.78, 5) is 205. The molecule has 0 saturated heterocycles. The molecule has 0 bridgehead atoms. The largest absolute Gasteiger partial charge is 0.508 e. The van der Waals surface area contributed by atoms with Crippen molar-refractivity contribution in [1.82, 2.24) is 63.8 Å². The molecular weight excluding hydrogens is 1470 g/mol. The van der Waals surface area contributed by atoms with Gasteiger partial charge in [0.2, 0.25) is 76.8 Å². The summed E-state index contributed by atoms with van der Waals surface area (Å²) in [7, 11) is 0. The van der Waals surface area contributed by atoms with E-state index in [0.717, 1.165) is 46.0 Å². The van der Waals surface area contributed by atoms with Gasteiger partial charge in [-0.3, -0.25) is 71.9 Å². The maximum atomic E-state index is 14.7. The van der Waals surface area contributed by atoms with Crippen LogP contribution >= 0.6 is 0 Å². The topological polar surface area (TPSA) is 533 Å². The third-order valence-corrected chi connectivity index (χ3v) is 19.4. The average Bonchev–Trinajstić information content (AvgIpc) is 0.856. The van der Waals surface area contributed by atoms with Crippen LogP contribution in [0, 0.1) is 5.92 Å². The highest BCUT2D eigenvalue weighted by Crippen LogP contribution is 2.18. The number of unbranched alkanes of at least 4 members (excludes halogenated alkanes) is 18. The quantitative estimate of drug-likeness (QED) is 0.0411. The lowest BCUT2D eigenvalue weighted by molar-refractivity contribution is -0.141. The Labute approximate surface area is 674 Å². The van der Waals surface area contributed by atoms with Crippen molar-refractivity contribution >= 4 is 88.5 Å². The molecule has 114 heavy (non-hydrogen) atoms. The first kappa shape index (κ1) is 103. The molecule has 33 nitrogen and oxygen atoms in total. The number of amides is 13. The van der Waals surface area contributed by atoms with Crippen LogP contribution in [0.4, 0.5) is 0 Å². The first-order valence-electron chi connectivity index (χ1n) is 41.7. The van der Waals surface area contributed by atoms with E-state index in [2.05, 4.69) is 70.7 Å². The van der Waals surface area contributed by atoms with Crippen molar-refractivity contribution in [2.24, 2.45) is 17.4 Å². The van der Waals surface area contributed by atoms with Crippen LogP contribution in [0.25, 0.3) is 0 Å². The van der Waals surface area contributed by atoms with Crippen molar-refractivity contribution in [2.45, 2.75) is 360 Å². The lowest BCUT2D eigenvalue weighted by Gasteiger charge is -2.29. The van der Waals surface area contributed by atoms with Crippen LogP contribution in [0.3, 0.4) is 0 Å². The number of nitrogens with one attached hydrogen (secondary N) is 12. The van der Waals surface area contributed by atoms with E-state index in [-0.39, 0.29) is 81.9 Å². The van der Waals surface area contributed by atoms with E-state index < -0.39 is 181 Å².